The molecule has 0 radical (unpaired) electrons. The second-order valence-corrected chi connectivity index (χ2v) is 5.22. The quantitative estimate of drug-likeness (QED) is 0.918. The first-order valence-corrected chi connectivity index (χ1v) is 7.01. The number of hydrogen-bond acceptors (Lipinski definition) is 3. The number of carbonyl (C=O) groups is 1. The fourth-order valence-electron chi connectivity index (χ4n) is 1.96. The van der Waals surface area contributed by atoms with Crippen LogP contribution in [0.25, 0.3) is 0 Å². The molecule has 0 unspecified atom stereocenters. The van der Waals surface area contributed by atoms with E-state index in [1.165, 1.54) is 7.11 Å². The third-order valence-corrected chi connectivity index (χ3v) is 3.98. The molecule has 1 amide bonds. The number of nitriles is 1. The minimum absolute atomic E-state index is 0.283. The Morgan fingerprint density at radius 3 is 2.67 bits per heavy atom. The number of anilines is 1. The van der Waals surface area contributed by atoms with E-state index in [1.54, 1.807) is 30.3 Å². The number of methoxy groups -OCH3 is 1. The van der Waals surface area contributed by atoms with Crippen molar-refractivity contribution < 1.29 is 9.53 Å². The van der Waals surface area contributed by atoms with Gasteiger partial charge >= 0.3 is 0 Å². The van der Waals surface area contributed by atoms with Crippen LogP contribution >= 0.6 is 15.9 Å². The van der Waals surface area contributed by atoms with Gasteiger partial charge in [-0.15, -0.1) is 0 Å². The Kier molecular flexibility index (Phi) is 4.61. The van der Waals surface area contributed by atoms with E-state index in [2.05, 4.69) is 21.2 Å². The maximum Gasteiger partial charge on any atom is 0.256 e. The zero-order chi connectivity index (χ0) is 15.4. The largest absolute Gasteiger partial charge is 0.495 e. The average molecular weight is 345 g/mol. The Hall–Kier alpha value is -2.32. The van der Waals surface area contributed by atoms with Gasteiger partial charge < -0.3 is 10.1 Å². The maximum absolute atomic E-state index is 12.4. The lowest BCUT2D eigenvalue weighted by atomic mass is 10.1. The summed E-state index contributed by atoms with van der Waals surface area (Å²) in [6, 6.07) is 12.5. The van der Waals surface area contributed by atoms with Crippen LogP contribution in [-0.4, -0.2) is 13.0 Å². The van der Waals surface area contributed by atoms with Crippen molar-refractivity contribution in [2.75, 3.05) is 12.4 Å². The Bertz CT molecular complexity index is 736. The Morgan fingerprint density at radius 1 is 1.29 bits per heavy atom. The first-order chi connectivity index (χ1) is 10.1. The highest BCUT2D eigenvalue weighted by molar-refractivity contribution is 9.10. The van der Waals surface area contributed by atoms with E-state index in [9.17, 15) is 4.79 Å². The van der Waals surface area contributed by atoms with E-state index in [0.717, 1.165) is 10.0 Å². The molecule has 0 atom stereocenters. The number of hydrogen-bond donors (Lipinski definition) is 1. The third kappa shape index (κ3) is 3.06. The number of amides is 1. The summed E-state index contributed by atoms with van der Waals surface area (Å²) in [6.45, 7) is 1.85. The van der Waals surface area contributed by atoms with Crippen molar-refractivity contribution >= 4 is 27.5 Å². The smallest absolute Gasteiger partial charge is 0.256 e. The van der Waals surface area contributed by atoms with Crippen molar-refractivity contribution in [2.24, 2.45) is 0 Å². The van der Waals surface area contributed by atoms with Gasteiger partial charge in [-0.05, 0) is 36.8 Å². The zero-order valence-electron chi connectivity index (χ0n) is 11.6. The monoisotopic (exact) mass is 344 g/mol. The lowest BCUT2D eigenvalue weighted by Gasteiger charge is -2.13. The standard InChI is InChI=1S/C16H13BrN2O2/c1-10-12(6-4-7-13(10)17)16(20)19-15-11(9-18)5-3-8-14(15)21-2/h3-8H,1-2H3,(H,19,20). The van der Waals surface area contributed by atoms with Crippen molar-refractivity contribution in [3.8, 4) is 11.8 Å². The molecule has 106 valence electrons. The Morgan fingerprint density at radius 2 is 2.00 bits per heavy atom. The normalized spacial score (nSPS) is 9.81. The Labute approximate surface area is 131 Å². The minimum Gasteiger partial charge on any atom is -0.495 e. The maximum atomic E-state index is 12.4. The topological polar surface area (TPSA) is 62.1 Å². The summed E-state index contributed by atoms with van der Waals surface area (Å²) in [6.07, 6.45) is 0. The summed E-state index contributed by atoms with van der Waals surface area (Å²) in [5, 5.41) is 11.9. The molecule has 0 aliphatic heterocycles. The summed E-state index contributed by atoms with van der Waals surface area (Å²) in [4.78, 5) is 12.4. The van der Waals surface area contributed by atoms with Crippen LogP contribution in [0, 0.1) is 18.3 Å². The predicted octanol–water partition coefficient (Wildman–Crippen LogP) is 3.89. The number of ether oxygens (including phenoxy) is 1. The molecular formula is C16H13BrN2O2. The summed E-state index contributed by atoms with van der Waals surface area (Å²) in [5.41, 5.74) is 2.12. The van der Waals surface area contributed by atoms with E-state index in [0.29, 0.717) is 22.6 Å². The molecule has 0 aromatic heterocycles. The van der Waals surface area contributed by atoms with Gasteiger partial charge in [0.1, 0.15) is 17.5 Å². The van der Waals surface area contributed by atoms with Crippen LogP contribution in [0.4, 0.5) is 5.69 Å². The molecule has 0 aliphatic rings. The molecule has 0 spiro atoms. The number of rotatable bonds is 3. The van der Waals surface area contributed by atoms with E-state index < -0.39 is 0 Å². The van der Waals surface area contributed by atoms with E-state index in [1.807, 2.05) is 19.1 Å². The highest BCUT2D eigenvalue weighted by Gasteiger charge is 2.15. The van der Waals surface area contributed by atoms with E-state index >= 15 is 0 Å². The second kappa shape index (κ2) is 6.42. The highest BCUT2D eigenvalue weighted by atomic mass is 79.9. The van der Waals surface area contributed by atoms with E-state index in [4.69, 9.17) is 10.00 Å². The van der Waals surface area contributed by atoms with Crippen molar-refractivity contribution in [1.82, 2.24) is 0 Å². The zero-order valence-corrected chi connectivity index (χ0v) is 13.2. The van der Waals surface area contributed by atoms with E-state index in [-0.39, 0.29) is 5.91 Å². The average Bonchev–Trinajstić information content (AvgIpc) is 2.50. The molecule has 0 heterocycles. The minimum atomic E-state index is -0.283. The number of para-hydroxylation sites is 1. The number of nitrogens with zero attached hydrogens (tertiary/aromatic N) is 1. The van der Waals surface area contributed by atoms with Gasteiger partial charge in [0.05, 0.1) is 12.7 Å². The lowest BCUT2D eigenvalue weighted by molar-refractivity contribution is 0.102. The Balaban J connectivity index is 2.41. The molecule has 4 nitrogen and oxygen atoms in total. The summed E-state index contributed by atoms with van der Waals surface area (Å²) in [5.74, 6) is 0.171. The fraction of sp³-hybridized carbons (Fsp3) is 0.125. The number of carbonyl (C=O) groups excluding carboxylic acids is 1. The van der Waals surface area contributed by atoms with Crippen LogP contribution < -0.4 is 10.1 Å². The molecule has 0 fully saturated rings. The molecule has 0 aliphatic carbocycles. The predicted molar refractivity (Wildman–Crippen MR) is 84.5 cm³/mol. The summed E-state index contributed by atoms with van der Waals surface area (Å²) < 4.78 is 6.06. The van der Waals surface area contributed by atoms with Gasteiger partial charge in [-0.3, -0.25) is 4.79 Å². The molecule has 0 bridgehead atoms. The highest BCUT2D eigenvalue weighted by Crippen LogP contribution is 2.29. The molecule has 1 N–H and O–H groups in total. The van der Waals surface area contributed by atoms with Crippen molar-refractivity contribution in [2.45, 2.75) is 6.92 Å². The summed E-state index contributed by atoms with van der Waals surface area (Å²) in [7, 11) is 1.50. The van der Waals surface area contributed by atoms with Crippen molar-refractivity contribution in [3.63, 3.8) is 0 Å². The number of halogens is 1. The molecule has 0 saturated heterocycles. The van der Waals surface area contributed by atoms with Gasteiger partial charge in [0.15, 0.2) is 0 Å². The van der Waals surface area contributed by atoms with Crippen molar-refractivity contribution in [1.29, 1.82) is 5.26 Å². The number of nitrogens with one attached hydrogen (secondary N) is 1. The molecule has 5 heteroatoms. The first kappa shape index (κ1) is 15.1. The molecule has 0 saturated carbocycles. The van der Waals surface area contributed by atoms with Gasteiger partial charge in [0.25, 0.3) is 5.91 Å². The number of benzene rings is 2. The van der Waals surface area contributed by atoms with Crippen molar-refractivity contribution in [3.05, 3.63) is 57.6 Å². The molecule has 2 rings (SSSR count). The molecule has 2 aromatic rings. The second-order valence-electron chi connectivity index (χ2n) is 4.36. The summed E-state index contributed by atoms with van der Waals surface area (Å²) >= 11 is 3.40. The fourth-order valence-corrected chi connectivity index (χ4v) is 2.32. The van der Waals surface area contributed by atoms with Gasteiger partial charge in [-0.25, -0.2) is 0 Å². The van der Waals surface area contributed by atoms with Crippen LogP contribution in [0.15, 0.2) is 40.9 Å². The van der Waals surface area contributed by atoms with Gasteiger partial charge in [0, 0.05) is 10.0 Å². The van der Waals surface area contributed by atoms with Gasteiger partial charge in [-0.2, -0.15) is 5.26 Å². The van der Waals surface area contributed by atoms with Crippen LogP contribution in [0.5, 0.6) is 5.75 Å². The first-order valence-electron chi connectivity index (χ1n) is 6.22. The lowest BCUT2D eigenvalue weighted by Crippen LogP contribution is -2.15. The molecule has 2 aromatic carbocycles. The van der Waals surface area contributed by atoms with Crippen LogP contribution in [0.2, 0.25) is 0 Å². The van der Waals surface area contributed by atoms with Gasteiger partial charge in [-0.1, -0.05) is 28.1 Å². The van der Waals surface area contributed by atoms with Crippen LogP contribution in [0.3, 0.4) is 0 Å². The van der Waals surface area contributed by atoms with Gasteiger partial charge in [0.2, 0.25) is 0 Å². The molecular weight excluding hydrogens is 332 g/mol. The van der Waals surface area contributed by atoms with Crippen LogP contribution in [0.1, 0.15) is 21.5 Å². The third-order valence-electron chi connectivity index (χ3n) is 3.12. The SMILES string of the molecule is COc1cccc(C#N)c1NC(=O)c1cccc(Br)c1C. The molecule has 21 heavy (non-hydrogen) atoms. The van der Waals surface area contributed by atoms with Crippen LogP contribution in [-0.2, 0) is 0 Å².